The lowest BCUT2D eigenvalue weighted by Gasteiger charge is -2.33. The number of nitrogen functional groups attached to an aromatic ring is 1. The van der Waals surface area contributed by atoms with E-state index >= 15 is 0 Å². The lowest BCUT2D eigenvalue weighted by atomic mass is 9.84. The van der Waals surface area contributed by atoms with Crippen molar-refractivity contribution in [1.29, 1.82) is 10.8 Å². The topological polar surface area (TPSA) is 226 Å². The number of rotatable bonds is 13. The molecule has 2 rings (SSSR count). The Balaban J connectivity index is 2.24. The number of pyridine rings is 1. The number of carbonyl (C=O) groups excluding carboxylic acids is 3. The number of hydrogen-bond acceptors (Lipinski definition) is 6. The maximum atomic E-state index is 13.7. The minimum atomic E-state index is -0.971. The van der Waals surface area contributed by atoms with Crippen molar-refractivity contribution in [2.24, 2.45) is 22.6 Å². The summed E-state index contributed by atoms with van der Waals surface area (Å²) in [5, 5.41) is 23.0. The first kappa shape index (κ1) is 30.7. The zero-order valence-corrected chi connectivity index (χ0v) is 22.6. The molecule has 2 aromatic rings. The van der Waals surface area contributed by atoms with Gasteiger partial charge in [0, 0.05) is 24.5 Å². The second kappa shape index (κ2) is 13.9. The van der Waals surface area contributed by atoms with Crippen LogP contribution in [0.3, 0.4) is 0 Å². The number of nitrogens with two attached hydrogens (primary N) is 3. The summed E-state index contributed by atoms with van der Waals surface area (Å²) in [6.07, 6.45) is 4.22. The molecule has 1 aromatic carbocycles. The van der Waals surface area contributed by atoms with E-state index in [4.69, 9.17) is 28.0 Å². The average Bonchev–Trinajstić information content (AvgIpc) is 2.87. The van der Waals surface area contributed by atoms with Crippen molar-refractivity contribution >= 4 is 29.5 Å². The molecule has 3 atom stereocenters. The molecule has 210 valence electrons. The van der Waals surface area contributed by atoms with Gasteiger partial charge in [0.2, 0.25) is 17.7 Å². The fraction of sp³-hybridized carbons (Fsp3) is 0.407. The first-order valence-electron chi connectivity index (χ1n) is 12.6. The van der Waals surface area contributed by atoms with Crippen molar-refractivity contribution in [2.45, 2.75) is 58.0 Å². The van der Waals surface area contributed by atoms with Crippen LogP contribution in [0.1, 0.15) is 56.2 Å². The Morgan fingerprint density at radius 3 is 2.15 bits per heavy atom. The summed E-state index contributed by atoms with van der Waals surface area (Å²) >= 11 is 0. The molecule has 1 aromatic heterocycles. The Morgan fingerprint density at radius 2 is 1.64 bits per heavy atom. The van der Waals surface area contributed by atoms with E-state index < -0.39 is 35.2 Å². The van der Waals surface area contributed by atoms with E-state index in [0.717, 1.165) is 5.56 Å². The van der Waals surface area contributed by atoms with Crippen molar-refractivity contribution in [2.75, 3.05) is 6.54 Å². The van der Waals surface area contributed by atoms with Crippen LogP contribution < -0.4 is 33.2 Å². The summed E-state index contributed by atoms with van der Waals surface area (Å²) in [7, 11) is 0. The number of benzene rings is 1. The standard InChI is InChI=1S/C27H39N9O3/c1-27(2,3)21(25(39)35-20(23(30)37)7-5-13-34-26(31)32)36-24(38)19(18-6-4-12-33-15-18)14-16-8-10-17(11-9-16)22(28)29/h4,6,8-12,15,19-21H,5,7,13-14H2,1-3H3,(H3,28,29)(H2,30,37)(H,35,39)(H,36,38)(H4,31,32,34)/t19-,20?,21+/m0/s1. The van der Waals surface area contributed by atoms with Crippen LogP contribution in [-0.2, 0) is 20.8 Å². The smallest absolute Gasteiger partial charge is 0.243 e. The third kappa shape index (κ3) is 9.72. The third-order valence-electron chi connectivity index (χ3n) is 6.17. The largest absolute Gasteiger partial charge is 0.384 e. The molecule has 0 fully saturated rings. The lowest BCUT2D eigenvalue weighted by molar-refractivity contribution is -0.134. The van der Waals surface area contributed by atoms with Crippen LogP contribution in [-0.4, -0.2) is 53.1 Å². The summed E-state index contributed by atoms with van der Waals surface area (Å²) in [5.41, 5.74) is 17.7. The number of amidine groups is 1. The van der Waals surface area contributed by atoms with Gasteiger partial charge < -0.3 is 33.2 Å². The summed E-state index contributed by atoms with van der Waals surface area (Å²) in [6.45, 7) is 5.78. The van der Waals surface area contributed by atoms with Crippen LogP contribution in [0.15, 0.2) is 48.8 Å². The molecular weight excluding hydrogens is 498 g/mol. The molecule has 3 amide bonds. The zero-order valence-electron chi connectivity index (χ0n) is 22.6. The van der Waals surface area contributed by atoms with E-state index in [9.17, 15) is 14.4 Å². The van der Waals surface area contributed by atoms with Gasteiger partial charge in [-0.1, -0.05) is 51.1 Å². The maximum absolute atomic E-state index is 13.7. The van der Waals surface area contributed by atoms with Gasteiger partial charge in [-0.05, 0) is 41.9 Å². The molecule has 0 aliphatic rings. The maximum Gasteiger partial charge on any atom is 0.243 e. The molecule has 0 saturated carbocycles. The second-order valence-corrected chi connectivity index (χ2v) is 10.4. The average molecular weight is 538 g/mol. The Labute approximate surface area is 228 Å². The van der Waals surface area contributed by atoms with Gasteiger partial charge in [-0.25, -0.2) is 0 Å². The van der Waals surface area contributed by atoms with Gasteiger partial charge in [0.1, 0.15) is 17.9 Å². The molecule has 39 heavy (non-hydrogen) atoms. The highest BCUT2D eigenvalue weighted by Gasteiger charge is 2.36. The van der Waals surface area contributed by atoms with E-state index in [1.54, 1.807) is 48.8 Å². The number of nitrogens with zero attached hydrogens (tertiary/aromatic N) is 1. The molecule has 0 aliphatic carbocycles. The van der Waals surface area contributed by atoms with Gasteiger partial charge in [-0.2, -0.15) is 0 Å². The lowest BCUT2D eigenvalue weighted by Crippen LogP contribution is -2.58. The summed E-state index contributed by atoms with van der Waals surface area (Å²) in [5.74, 6) is -2.52. The van der Waals surface area contributed by atoms with Gasteiger partial charge in [-0.15, -0.1) is 0 Å². The van der Waals surface area contributed by atoms with Crippen molar-refractivity contribution < 1.29 is 14.4 Å². The van der Waals surface area contributed by atoms with Gasteiger partial charge in [-0.3, -0.25) is 30.2 Å². The Morgan fingerprint density at radius 1 is 0.974 bits per heavy atom. The summed E-state index contributed by atoms with van der Waals surface area (Å²) in [6, 6.07) is 8.66. The molecule has 0 aliphatic heterocycles. The van der Waals surface area contributed by atoms with Gasteiger partial charge >= 0.3 is 0 Å². The van der Waals surface area contributed by atoms with E-state index in [-0.39, 0.29) is 24.1 Å². The molecule has 0 spiro atoms. The van der Waals surface area contributed by atoms with E-state index in [0.29, 0.717) is 30.5 Å². The second-order valence-electron chi connectivity index (χ2n) is 10.4. The molecule has 0 bridgehead atoms. The van der Waals surface area contributed by atoms with Crippen molar-refractivity contribution in [1.82, 2.24) is 20.9 Å². The predicted octanol–water partition coefficient (Wildman–Crippen LogP) is 0.456. The molecule has 1 heterocycles. The third-order valence-corrected chi connectivity index (χ3v) is 6.17. The van der Waals surface area contributed by atoms with E-state index in [2.05, 4.69) is 20.9 Å². The normalized spacial score (nSPS) is 13.4. The van der Waals surface area contributed by atoms with Crippen molar-refractivity contribution in [3.63, 3.8) is 0 Å². The fourth-order valence-corrected chi connectivity index (χ4v) is 3.99. The van der Waals surface area contributed by atoms with E-state index in [1.807, 2.05) is 20.8 Å². The molecule has 1 unspecified atom stereocenters. The number of carbonyl (C=O) groups is 3. The van der Waals surface area contributed by atoms with Crippen LogP contribution in [0.5, 0.6) is 0 Å². The van der Waals surface area contributed by atoms with Crippen LogP contribution >= 0.6 is 0 Å². The number of aromatic nitrogens is 1. The molecule has 12 heteroatoms. The number of primary amides is 1. The Hall–Kier alpha value is -4.48. The van der Waals surface area contributed by atoms with Crippen molar-refractivity contribution in [3.05, 3.63) is 65.5 Å². The molecular formula is C27H39N9O3. The highest BCUT2D eigenvalue weighted by molar-refractivity contribution is 5.95. The molecule has 0 radical (unpaired) electrons. The number of hydrogen-bond donors (Lipinski definition) is 8. The minimum absolute atomic E-state index is 0.0495. The first-order chi connectivity index (χ1) is 18.3. The summed E-state index contributed by atoms with van der Waals surface area (Å²) < 4.78 is 0. The Bertz CT molecular complexity index is 1160. The summed E-state index contributed by atoms with van der Waals surface area (Å²) in [4.78, 5) is 43.2. The number of nitrogens with one attached hydrogen (secondary N) is 5. The van der Waals surface area contributed by atoms with Gasteiger partial charge in [0.05, 0.1) is 5.92 Å². The monoisotopic (exact) mass is 537 g/mol. The first-order valence-corrected chi connectivity index (χ1v) is 12.6. The highest BCUT2D eigenvalue weighted by Crippen LogP contribution is 2.25. The zero-order chi connectivity index (χ0) is 29.2. The van der Waals surface area contributed by atoms with Crippen LogP contribution in [0, 0.1) is 16.2 Å². The predicted molar refractivity (Wildman–Crippen MR) is 150 cm³/mol. The number of guanidine groups is 1. The molecule has 12 nitrogen and oxygen atoms in total. The quantitative estimate of drug-likeness (QED) is 0.102. The SMILES string of the molecule is CC(C)(C)[C@H](NC(=O)[C@@H](Cc1ccc(C(=N)N)cc1)c1cccnc1)C(=O)NC(CCCNC(=N)N)C(N)=O. The van der Waals surface area contributed by atoms with Crippen LogP contribution in [0.2, 0.25) is 0 Å². The van der Waals surface area contributed by atoms with Crippen LogP contribution in [0.4, 0.5) is 0 Å². The number of amides is 3. The van der Waals surface area contributed by atoms with Crippen LogP contribution in [0.25, 0.3) is 0 Å². The highest BCUT2D eigenvalue weighted by atomic mass is 16.2. The van der Waals surface area contributed by atoms with Gasteiger partial charge in [0.25, 0.3) is 0 Å². The fourth-order valence-electron chi connectivity index (χ4n) is 3.99. The molecule has 11 N–H and O–H groups in total. The minimum Gasteiger partial charge on any atom is -0.384 e. The van der Waals surface area contributed by atoms with E-state index in [1.165, 1.54) is 0 Å². The van der Waals surface area contributed by atoms with Gasteiger partial charge in [0.15, 0.2) is 5.96 Å². The molecule has 0 saturated heterocycles. The van der Waals surface area contributed by atoms with Crippen molar-refractivity contribution in [3.8, 4) is 0 Å². The Kier molecular flexibility index (Phi) is 10.9.